The molecule has 3 N–H and O–H groups in total. The van der Waals surface area contributed by atoms with E-state index in [-0.39, 0.29) is 16.7 Å². The standard InChI is InChI=1S/C23H25ClN2O3/c1-4-5-6-16(22(25)28)21-14(3)26(19-12-18(24)20(27)11-17(19)21)23(29)15-9-7-13(2)8-10-15/h7-12,16,27H,4-6H2,1-3H3,(H2,25,28). The first-order valence-electron chi connectivity index (χ1n) is 9.70. The van der Waals surface area contributed by atoms with Crippen molar-refractivity contribution in [3.63, 3.8) is 0 Å². The summed E-state index contributed by atoms with van der Waals surface area (Å²) in [6.07, 6.45) is 2.32. The Labute approximate surface area is 175 Å². The quantitative estimate of drug-likeness (QED) is 0.593. The van der Waals surface area contributed by atoms with Crippen LogP contribution in [0.25, 0.3) is 10.9 Å². The van der Waals surface area contributed by atoms with Gasteiger partial charge in [-0.3, -0.25) is 14.2 Å². The van der Waals surface area contributed by atoms with Gasteiger partial charge in [-0.15, -0.1) is 0 Å². The lowest BCUT2D eigenvalue weighted by Gasteiger charge is -2.14. The highest BCUT2D eigenvalue weighted by Gasteiger charge is 2.28. The molecule has 1 amide bonds. The summed E-state index contributed by atoms with van der Waals surface area (Å²) in [7, 11) is 0. The number of nitrogens with two attached hydrogens (primary N) is 1. The number of phenols is 1. The first kappa shape index (κ1) is 20.9. The Kier molecular flexibility index (Phi) is 5.99. The molecule has 6 heteroatoms. The molecular weight excluding hydrogens is 388 g/mol. The molecule has 3 aromatic rings. The monoisotopic (exact) mass is 412 g/mol. The summed E-state index contributed by atoms with van der Waals surface area (Å²) < 4.78 is 1.56. The van der Waals surface area contributed by atoms with Crippen molar-refractivity contribution in [1.82, 2.24) is 4.57 Å². The molecule has 0 aliphatic heterocycles. The van der Waals surface area contributed by atoms with Crippen LogP contribution in [0.3, 0.4) is 0 Å². The van der Waals surface area contributed by atoms with Crippen LogP contribution >= 0.6 is 11.6 Å². The van der Waals surface area contributed by atoms with Crippen LogP contribution in [0.1, 0.15) is 59.3 Å². The molecule has 0 saturated carbocycles. The van der Waals surface area contributed by atoms with E-state index in [1.54, 1.807) is 29.7 Å². The normalized spacial score (nSPS) is 12.3. The van der Waals surface area contributed by atoms with E-state index in [4.69, 9.17) is 17.3 Å². The number of halogens is 1. The lowest BCUT2D eigenvalue weighted by Crippen LogP contribution is -2.22. The highest BCUT2D eigenvalue weighted by atomic mass is 35.5. The molecule has 0 fully saturated rings. The summed E-state index contributed by atoms with van der Waals surface area (Å²) in [5.41, 5.74) is 9.16. The number of fused-ring (bicyclic) bond motifs is 1. The zero-order valence-corrected chi connectivity index (χ0v) is 17.6. The fourth-order valence-electron chi connectivity index (χ4n) is 3.81. The Bertz CT molecular complexity index is 1080. The molecule has 5 nitrogen and oxygen atoms in total. The zero-order chi connectivity index (χ0) is 21.3. The maximum absolute atomic E-state index is 13.3. The summed E-state index contributed by atoms with van der Waals surface area (Å²) in [6.45, 7) is 5.80. The fraction of sp³-hybridized carbons (Fsp3) is 0.304. The van der Waals surface area contributed by atoms with Crippen LogP contribution in [0.4, 0.5) is 0 Å². The highest BCUT2D eigenvalue weighted by molar-refractivity contribution is 6.33. The summed E-state index contributed by atoms with van der Waals surface area (Å²) >= 11 is 6.15. The molecule has 0 bridgehead atoms. The van der Waals surface area contributed by atoms with Crippen molar-refractivity contribution in [3.05, 3.63) is 63.8 Å². The molecule has 0 aliphatic rings. The minimum atomic E-state index is -0.551. The van der Waals surface area contributed by atoms with E-state index < -0.39 is 11.8 Å². The maximum atomic E-state index is 13.3. The molecule has 29 heavy (non-hydrogen) atoms. The number of unbranched alkanes of at least 4 members (excludes halogenated alkanes) is 1. The van der Waals surface area contributed by atoms with Gasteiger partial charge in [0, 0.05) is 16.6 Å². The summed E-state index contributed by atoms with van der Waals surface area (Å²) in [5, 5.41) is 10.9. The second-order valence-electron chi connectivity index (χ2n) is 7.42. The van der Waals surface area contributed by atoms with E-state index in [1.807, 2.05) is 26.0 Å². The molecule has 0 aliphatic carbocycles. The summed E-state index contributed by atoms with van der Waals surface area (Å²) in [4.78, 5) is 25.6. The Morgan fingerprint density at radius 1 is 1.17 bits per heavy atom. The molecule has 0 saturated heterocycles. The third-order valence-electron chi connectivity index (χ3n) is 5.36. The number of aromatic nitrogens is 1. The molecule has 2 aromatic carbocycles. The first-order chi connectivity index (χ1) is 13.8. The smallest absolute Gasteiger partial charge is 0.262 e. The van der Waals surface area contributed by atoms with E-state index >= 15 is 0 Å². The lowest BCUT2D eigenvalue weighted by molar-refractivity contribution is -0.119. The van der Waals surface area contributed by atoms with Gasteiger partial charge in [-0.25, -0.2) is 0 Å². The zero-order valence-electron chi connectivity index (χ0n) is 16.8. The number of hydrogen-bond acceptors (Lipinski definition) is 3. The van der Waals surface area contributed by atoms with E-state index in [0.29, 0.717) is 34.1 Å². The van der Waals surface area contributed by atoms with Gasteiger partial charge in [0.25, 0.3) is 5.91 Å². The van der Waals surface area contributed by atoms with Crippen LogP contribution in [0.5, 0.6) is 5.75 Å². The Morgan fingerprint density at radius 3 is 2.41 bits per heavy atom. The van der Waals surface area contributed by atoms with Crippen LogP contribution in [-0.2, 0) is 4.79 Å². The van der Waals surface area contributed by atoms with Gasteiger partial charge >= 0.3 is 0 Å². The number of amides is 1. The Hall–Kier alpha value is -2.79. The number of phenolic OH excluding ortho intramolecular Hbond substituents is 1. The van der Waals surface area contributed by atoms with Crippen molar-refractivity contribution in [2.75, 3.05) is 0 Å². The van der Waals surface area contributed by atoms with Gasteiger partial charge < -0.3 is 10.8 Å². The largest absolute Gasteiger partial charge is 0.506 e. The summed E-state index contributed by atoms with van der Waals surface area (Å²) in [6, 6.07) is 10.4. The van der Waals surface area contributed by atoms with Crippen LogP contribution < -0.4 is 5.73 Å². The maximum Gasteiger partial charge on any atom is 0.262 e. The number of primary amides is 1. The van der Waals surface area contributed by atoms with Gasteiger partial charge in [0.2, 0.25) is 5.91 Å². The predicted molar refractivity (Wildman–Crippen MR) is 116 cm³/mol. The Morgan fingerprint density at radius 2 is 1.83 bits per heavy atom. The third kappa shape index (κ3) is 3.87. The highest BCUT2D eigenvalue weighted by Crippen LogP contribution is 2.39. The van der Waals surface area contributed by atoms with Gasteiger partial charge in [-0.2, -0.15) is 0 Å². The van der Waals surface area contributed by atoms with Gasteiger partial charge in [-0.1, -0.05) is 49.1 Å². The van der Waals surface area contributed by atoms with Crippen LogP contribution in [0.15, 0.2) is 36.4 Å². The predicted octanol–water partition coefficient (Wildman–Crippen LogP) is 5.06. The van der Waals surface area contributed by atoms with Crippen molar-refractivity contribution < 1.29 is 14.7 Å². The van der Waals surface area contributed by atoms with Crippen molar-refractivity contribution >= 4 is 34.3 Å². The number of carbonyl (C=O) groups is 2. The number of benzene rings is 2. The molecule has 1 heterocycles. The van der Waals surface area contributed by atoms with E-state index in [2.05, 4.69) is 0 Å². The number of rotatable bonds is 6. The fourth-order valence-corrected chi connectivity index (χ4v) is 3.97. The number of aryl methyl sites for hydroxylation is 1. The topological polar surface area (TPSA) is 85.3 Å². The molecule has 1 aromatic heterocycles. The van der Waals surface area contributed by atoms with Gasteiger partial charge in [0.1, 0.15) is 5.75 Å². The number of nitrogens with zero attached hydrogens (tertiary/aromatic N) is 1. The molecule has 0 radical (unpaired) electrons. The van der Waals surface area contributed by atoms with Gasteiger partial charge in [-0.05, 0) is 50.1 Å². The summed E-state index contributed by atoms with van der Waals surface area (Å²) in [5.74, 6) is -1.32. The van der Waals surface area contributed by atoms with E-state index in [1.165, 1.54) is 6.07 Å². The lowest BCUT2D eigenvalue weighted by atomic mass is 9.90. The van der Waals surface area contributed by atoms with Crippen LogP contribution in [-0.4, -0.2) is 21.5 Å². The molecule has 3 rings (SSSR count). The van der Waals surface area contributed by atoms with E-state index in [0.717, 1.165) is 18.4 Å². The molecular formula is C23H25ClN2O3. The van der Waals surface area contributed by atoms with E-state index in [9.17, 15) is 14.7 Å². The SMILES string of the molecule is CCCCC(C(N)=O)c1c(C)n(C(=O)c2ccc(C)cc2)c2cc(Cl)c(O)cc12. The average molecular weight is 413 g/mol. The van der Waals surface area contributed by atoms with Crippen LogP contribution in [0.2, 0.25) is 5.02 Å². The second kappa shape index (κ2) is 8.29. The minimum Gasteiger partial charge on any atom is -0.506 e. The van der Waals surface area contributed by atoms with Gasteiger partial charge in [0.15, 0.2) is 0 Å². The molecule has 152 valence electrons. The number of hydrogen-bond donors (Lipinski definition) is 2. The second-order valence-corrected chi connectivity index (χ2v) is 7.83. The van der Waals surface area contributed by atoms with Crippen molar-refractivity contribution in [2.45, 2.75) is 46.0 Å². The number of carbonyl (C=O) groups excluding carboxylic acids is 2. The minimum absolute atomic E-state index is 0.0981. The average Bonchev–Trinajstić information content (AvgIpc) is 2.94. The van der Waals surface area contributed by atoms with Crippen molar-refractivity contribution in [1.29, 1.82) is 0 Å². The first-order valence-corrected chi connectivity index (χ1v) is 10.1. The molecule has 1 atom stereocenters. The van der Waals surface area contributed by atoms with Crippen LogP contribution in [0, 0.1) is 13.8 Å². The van der Waals surface area contributed by atoms with Crippen molar-refractivity contribution in [3.8, 4) is 5.75 Å². The Balaban J connectivity index is 2.29. The molecule has 1 unspecified atom stereocenters. The molecule has 0 spiro atoms. The number of aromatic hydroxyl groups is 1. The third-order valence-corrected chi connectivity index (χ3v) is 5.66. The van der Waals surface area contributed by atoms with Gasteiger partial charge in [0.05, 0.1) is 16.5 Å². The van der Waals surface area contributed by atoms with Crippen molar-refractivity contribution in [2.24, 2.45) is 5.73 Å².